The molecule has 1 N–H and O–H groups in total. The Labute approximate surface area is 157 Å². The van der Waals surface area contributed by atoms with Crippen molar-refractivity contribution in [3.63, 3.8) is 0 Å². The molecule has 0 unspecified atom stereocenters. The highest BCUT2D eigenvalue weighted by Crippen LogP contribution is 2.28. The largest absolute Gasteiger partial charge is 0.477 e. The van der Waals surface area contributed by atoms with Gasteiger partial charge in [-0.25, -0.2) is 13.6 Å². The molecule has 0 heterocycles. The van der Waals surface area contributed by atoms with Crippen molar-refractivity contribution in [3.05, 3.63) is 58.1 Å². The second-order valence-electron chi connectivity index (χ2n) is 5.11. The van der Waals surface area contributed by atoms with Gasteiger partial charge in [0.15, 0.2) is 12.7 Å². The van der Waals surface area contributed by atoms with E-state index in [0.29, 0.717) is 5.02 Å². The van der Waals surface area contributed by atoms with Crippen LogP contribution in [-0.2, 0) is 14.3 Å². The molecule has 0 aliphatic heterocycles. The maximum atomic E-state index is 13.4. The molecule has 0 aliphatic carbocycles. The second-order valence-corrected chi connectivity index (χ2v) is 5.96. The van der Waals surface area contributed by atoms with Crippen molar-refractivity contribution in [3.8, 4) is 5.75 Å². The summed E-state index contributed by atoms with van der Waals surface area (Å²) in [6.07, 6.45) is -1.06. The Kier molecular flexibility index (Phi) is 6.76. The summed E-state index contributed by atoms with van der Waals surface area (Å²) in [6, 6.07) is 7.03. The summed E-state index contributed by atoms with van der Waals surface area (Å²) in [6.45, 7) is 0.703. The second kappa shape index (κ2) is 8.82. The van der Waals surface area contributed by atoms with Crippen molar-refractivity contribution in [2.45, 2.75) is 13.0 Å². The summed E-state index contributed by atoms with van der Waals surface area (Å²) in [5.74, 6) is -3.00. The molecule has 0 aromatic heterocycles. The Balaban J connectivity index is 1.87. The Morgan fingerprint density at radius 3 is 2.58 bits per heavy atom. The lowest BCUT2D eigenvalue weighted by Crippen LogP contribution is -2.30. The van der Waals surface area contributed by atoms with E-state index in [4.69, 9.17) is 32.7 Å². The van der Waals surface area contributed by atoms with Crippen LogP contribution in [0.25, 0.3) is 0 Å². The number of nitrogens with one attached hydrogen (secondary N) is 1. The Hall–Kier alpha value is -2.38. The van der Waals surface area contributed by atoms with E-state index in [1.54, 1.807) is 0 Å². The summed E-state index contributed by atoms with van der Waals surface area (Å²) in [5, 5.41) is 2.71. The molecule has 2 rings (SSSR count). The standard InChI is InChI=1S/C17H13Cl2F2NO4/c1-9(26-15-5-2-10(18)6-12(15)19)17(24)25-8-16(23)22-14-7-11(20)3-4-13(14)21/h2-7,9H,8H2,1H3,(H,22,23)/t9-/m1/s1. The smallest absolute Gasteiger partial charge is 0.347 e. The molecule has 0 spiro atoms. The summed E-state index contributed by atoms with van der Waals surface area (Å²) >= 11 is 11.7. The number of rotatable bonds is 6. The zero-order chi connectivity index (χ0) is 19.3. The number of carbonyl (C=O) groups excluding carboxylic acids is 2. The van der Waals surface area contributed by atoms with Crippen LogP contribution < -0.4 is 10.1 Å². The van der Waals surface area contributed by atoms with Crippen molar-refractivity contribution < 1.29 is 27.8 Å². The SMILES string of the molecule is C[C@@H](Oc1ccc(Cl)cc1Cl)C(=O)OCC(=O)Nc1cc(F)ccc1F. The molecule has 0 aliphatic rings. The van der Waals surface area contributed by atoms with E-state index < -0.39 is 36.2 Å². The molecular formula is C17H13Cl2F2NO4. The number of anilines is 1. The normalized spacial score (nSPS) is 11.6. The van der Waals surface area contributed by atoms with E-state index in [1.807, 2.05) is 0 Å². The monoisotopic (exact) mass is 403 g/mol. The fourth-order valence-electron chi connectivity index (χ4n) is 1.84. The van der Waals surface area contributed by atoms with Gasteiger partial charge in [-0.15, -0.1) is 0 Å². The lowest BCUT2D eigenvalue weighted by Gasteiger charge is -2.15. The highest BCUT2D eigenvalue weighted by atomic mass is 35.5. The molecule has 5 nitrogen and oxygen atoms in total. The number of amides is 1. The maximum absolute atomic E-state index is 13.4. The van der Waals surface area contributed by atoms with Crippen LogP contribution in [-0.4, -0.2) is 24.6 Å². The van der Waals surface area contributed by atoms with E-state index >= 15 is 0 Å². The predicted octanol–water partition coefficient (Wildman–Crippen LogP) is 4.22. The Morgan fingerprint density at radius 1 is 1.15 bits per heavy atom. The van der Waals surface area contributed by atoms with Gasteiger partial charge in [0.1, 0.15) is 17.4 Å². The lowest BCUT2D eigenvalue weighted by atomic mass is 10.3. The fourth-order valence-corrected chi connectivity index (χ4v) is 2.30. The number of hydrogen-bond donors (Lipinski definition) is 1. The number of hydrogen-bond acceptors (Lipinski definition) is 4. The summed E-state index contributed by atoms with van der Waals surface area (Å²) in [7, 11) is 0. The molecule has 1 atom stereocenters. The van der Waals surface area contributed by atoms with E-state index in [0.717, 1.165) is 18.2 Å². The molecule has 0 saturated carbocycles. The first-order valence-corrected chi connectivity index (χ1v) is 8.05. The van der Waals surface area contributed by atoms with Gasteiger partial charge in [0.2, 0.25) is 0 Å². The topological polar surface area (TPSA) is 64.6 Å². The highest BCUT2D eigenvalue weighted by Gasteiger charge is 2.19. The van der Waals surface area contributed by atoms with E-state index in [9.17, 15) is 18.4 Å². The van der Waals surface area contributed by atoms with Crippen LogP contribution >= 0.6 is 23.2 Å². The molecule has 138 valence electrons. The van der Waals surface area contributed by atoms with Crippen molar-refractivity contribution in [1.82, 2.24) is 0 Å². The van der Waals surface area contributed by atoms with Crippen molar-refractivity contribution in [2.75, 3.05) is 11.9 Å². The van der Waals surface area contributed by atoms with Crippen LogP contribution in [0.2, 0.25) is 10.0 Å². The van der Waals surface area contributed by atoms with Gasteiger partial charge in [-0.1, -0.05) is 23.2 Å². The van der Waals surface area contributed by atoms with Crippen LogP contribution in [0.4, 0.5) is 14.5 Å². The molecular weight excluding hydrogens is 391 g/mol. The average molecular weight is 404 g/mol. The summed E-state index contributed by atoms with van der Waals surface area (Å²) < 4.78 is 36.6. The first kappa shape index (κ1) is 19.9. The predicted molar refractivity (Wildman–Crippen MR) is 92.5 cm³/mol. The summed E-state index contributed by atoms with van der Waals surface area (Å²) in [4.78, 5) is 23.6. The van der Waals surface area contributed by atoms with Gasteiger partial charge in [-0.2, -0.15) is 0 Å². The number of ether oxygens (including phenoxy) is 2. The third-order valence-electron chi connectivity index (χ3n) is 3.08. The molecule has 26 heavy (non-hydrogen) atoms. The molecule has 2 aromatic carbocycles. The molecule has 1 amide bonds. The molecule has 0 bridgehead atoms. The lowest BCUT2D eigenvalue weighted by molar-refractivity contribution is -0.153. The van der Waals surface area contributed by atoms with Crippen molar-refractivity contribution in [2.24, 2.45) is 0 Å². The van der Waals surface area contributed by atoms with Crippen LogP contribution in [0.3, 0.4) is 0 Å². The third kappa shape index (κ3) is 5.57. The first-order valence-electron chi connectivity index (χ1n) is 7.29. The minimum Gasteiger partial charge on any atom is -0.477 e. The van der Waals surface area contributed by atoms with E-state index in [1.165, 1.54) is 25.1 Å². The molecule has 9 heteroatoms. The minimum absolute atomic E-state index is 0.205. The first-order chi connectivity index (χ1) is 12.3. The van der Waals surface area contributed by atoms with Gasteiger partial charge < -0.3 is 14.8 Å². The molecule has 2 aromatic rings. The van der Waals surface area contributed by atoms with Gasteiger partial charge in [0.05, 0.1) is 10.7 Å². The van der Waals surface area contributed by atoms with Gasteiger partial charge in [0.25, 0.3) is 5.91 Å². The number of benzene rings is 2. The minimum atomic E-state index is -1.06. The van der Waals surface area contributed by atoms with Gasteiger partial charge in [-0.05, 0) is 37.3 Å². The zero-order valence-corrected chi connectivity index (χ0v) is 14.9. The van der Waals surface area contributed by atoms with Crippen LogP contribution in [0.1, 0.15) is 6.92 Å². The zero-order valence-electron chi connectivity index (χ0n) is 13.4. The van der Waals surface area contributed by atoms with E-state index in [2.05, 4.69) is 5.32 Å². The maximum Gasteiger partial charge on any atom is 0.347 e. The number of esters is 1. The van der Waals surface area contributed by atoms with Gasteiger partial charge in [0, 0.05) is 11.1 Å². The quantitative estimate of drug-likeness (QED) is 0.733. The third-order valence-corrected chi connectivity index (χ3v) is 3.61. The Bertz CT molecular complexity index is 832. The summed E-state index contributed by atoms with van der Waals surface area (Å²) in [5.41, 5.74) is -0.358. The highest BCUT2D eigenvalue weighted by molar-refractivity contribution is 6.35. The van der Waals surface area contributed by atoms with Crippen molar-refractivity contribution in [1.29, 1.82) is 0 Å². The molecule has 0 radical (unpaired) electrons. The van der Waals surface area contributed by atoms with Crippen LogP contribution in [0, 0.1) is 11.6 Å². The number of carbonyl (C=O) groups is 2. The van der Waals surface area contributed by atoms with Crippen molar-refractivity contribution >= 4 is 40.8 Å². The molecule has 0 fully saturated rings. The van der Waals surface area contributed by atoms with Crippen LogP contribution in [0.5, 0.6) is 5.75 Å². The van der Waals surface area contributed by atoms with Gasteiger partial charge in [-0.3, -0.25) is 4.79 Å². The fraction of sp³-hybridized carbons (Fsp3) is 0.176. The van der Waals surface area contributed by atoms with E-state index in [-0.39, 0.29) is 16.5 Å². The number of halogens is 4. The average Bonchev–Trinajstić information content (AvgIpc) is 2.58. The molecule has 0 saturated heterocycles. The van der Waals surface area contributed by atoms with Gasteiger partial charge >= 0.3 is 5.97 Å². The van der Waals surface area contributed by atoms with Crippen LogP contribution in [0.15, 0.2) is 36.4 Å². The Morgan fingerprint density at radius 2 is 1.88 bits per heavy atom.